The summed E-state index contributed by atoms with van der Waals surface area (Å²) in [7, 11) is 0. The topological polar surface area (TPSA) is 77.2 Å². The van der Waals surface area contributed by atoms with E-state index in [0.29, 0.717) is 5.69 Å². The zero-order valence-electron chi connectivity index (χ0n) is 9.07. The van der Waals surface area contributed by atoms with Gasteiger partial charge in [-0.2, -0.15) is 0 Å². The van der Waals surface area contributed by atoms with Crippen molar-refractivity contribution < 1.29 is 9.90 Å². The number of hydrogen-bond acceptors (Lipinski definition) is 3. The minimum atomic E-state index is -0.840. The van der Waals surface area contributed by atoms with Crippen LogP contribution in [0, 0.1) is 0 Å². The van der Waals surface area contributed by atoms with Crippen LogP contribution in [0.1, 0.15) is 24.6 Å². The molecule has 1 saturated heterocycles. The van der Waals surface area contributed by atoms with Crippen molar-refractivity contribution in [3.05, 3.63) is 24.0 Å². The van der Waals surface area contributed by atoms with Crippen molar-refractivity contribution in [2.45, 2.75) is 24.9 Å². The summed E-state index contributed by atoms with van der Waals surface area (Å²) in [6.45, 7) is 1.86. The molecule has 0 radical (unpaired) electrons. The second-order valence-electron chi connectivity index (χ2n) is 4.11. The Labute approximate surface area is 94.2 Å². The second kappa shape index (κ2) is 5.14. The first-order chi connectivity index (χ1) is 7.77. The lowest BCUT2D eigenvalue weighted by Gasteiger charge is -2.26. The Bertz CT molecular complexity index is 331. The molecule has 2 heterocycles. The Morgan fingerprint density at radius 1 is 1.62 bits per heavy atom. The molecule has 0 spiro atoms. The predicted octanol–water partition coefficient (Wildman–Crippen LogP) is 0.482. The average molecular weight is 223 g/mol. The molecule has 1 aromatic rings. The number of H-pyrrole nitrogens is 1. The SMILES string of the molecule is O=C(O)C(NC1CCCNC1)c1ccc[nH]1. The van der Waals surface area contributed by atoms with Crippen LogP contribution < -0.4 is 10.6 Å². The lowest BCUT2D eigenvalue weighted by Crippen LogP contribution is -2.46. The maximum absolute atomic E-state index is 11.2. The number of hydrogen-bond donors (Lipinski definition) is 4. The molecule has 0 aromatic carbocycles. The number of piperidine rings is 1. The van der Waals surface area contributed by atoms with Crippen molar-refractivity contribution in [3.63, 3.8) is 0 Å². The van der Waals surface area contributed by atoms with Gasteiger partial charge in [-0.15, -0.1) is 0 Å². The van der Waals surface area contributed by atoms with E-state index in [0.717, 1.165) is 25.9 Å². The molecular formula is C11H17N3O2. The number of aromatic amines is 1. The highest BCUT2D eigenvalue weighted by Crippen LogP contribution is 2.13. The summed E-state index contributed by atoms with van der Waals surface area (Å²) in [6, 6.07) is 3.20. The standard InChI is InChI=1S/C11H17N3O2/c15-11(16)10(9-4-2-6-13-9)14-8-3-1-5-12-7-8/h2,4,6,8,10,12-14H,1,3,5,7H2,(H,15,16). The summed E-state index contributed by atoms with van der Waals surface area (Å²) in [5.74, 6) is -0.840. The van der Waals surface area contributed by atoms with Crippen LogP contribution >= 0.6 is 0 Å². The molecule has 88 valence electrons. The first-order valence-corrected chi connectivity index (χ1v) is 5.60. The normalized spacial score (nSPS) is 22.9. The molecule has 5 heteroatoms. The van der Waals surface area contributed by atoms with Gasteiger partial charge in [-0.25, -0.2) is 0 Å². The van der Waals surface area contributed by atoms with Gasteiger partial charge in [-0.1, -0.05) is 0 Å². The van der Waals surface area contributed by atoms with Gasteiger partial charge in [-0.05, 0) is 31.5 Å². The summed E-state index contributed by atoms with van der Waals surface area (Å²) in [5.41, 5.74) is 0.707. The molecule has 0 amide bonds. The molecule has 2 atom stereocenters. The van der Waals surface area contributed by atoms with Gasteiger partial charge in [0.05, 0.1) is 0 Å². The molecule has 4 N–H and O–H groups in total. The van der Waals surface area contributed by atoms with E-state index in [1.54, 1.807) is 12.3 Å². The Balaban J connectivity index is 2.00. The van der Waals surface area contributed by atoms with E-state index in [9.17, 15) is 9.90 Å². The lowest BCUT2D eigenvalue weighted by atomic mass is 10.1. The summed E-state index contributed by atoms with van der Waals surface area (Å²) in [6.07, 6.45) is 3.86. The zero-order chi connectivity index (χ0) is 11.4. The largest absolute Gasteiger partial charge is 0.480 e. The van der Waals surface area contributed by atoms with Gasteiger partial charge in [-0.3, -0.25) is 10.1 Å². The summed E-state index contributed by atoms with van der Waals surface area (Å²) < 4.78 is 0. The van der Waals surface area contributed by atoms with Crippen LogP contribution in [0.2, 0.25) is 0 Å². The third-order valence-corrected chi connectivity index (χ3v) is 2.88. The van der Waals surface area contributed by atoms with E-state index < -0.39 is 12.0 Å². The fourth-order valence-electron chi connectivity index (χ4n) is 2.05. The van der Waals surface area contributed by atoms with Crippen molar-refractivity contribution in [3.8, 4) is 0 Å². The van der Waals surface area contributed by atoms with E-state index in [1.807, 2.05) is 6.07 Å². The van der Waals surface area contributed by atoms with Gasteiger partial charge in [0.2, 0.25) is 0 Å². The number of carbonyl (C=O) groups is 1. The van der Waals surface area contributed by atoms with E-state index in [4.69, 9.17) is 0 Å². The van der Waals surface area contributed by atoms with Crippen molar-refractivity contribution in [1.29, 1.82) is 0 Å². The zero-order valence-corrected chi connectivity index (χ0v) is 9.07. The fraction of sp³-hybridized carbons (Fsp3) is 0.545. The summed E-state index contributed by atoms with van der Waals surface area (Å²) in [5, 5.41) is 15.6. The Kier molecular flexibility index (Phi) is 3.58. The van der Waals surface area contributed by atoms with Crippen LogP contribution in [0.15, 0.2) is 18.3 Å². The highest BCUT2D eigenvalue weighted by atomic mass is 16.4. The molecule has 1 fully saturated rings. The van der Waals surface area contributed by atoms with Gasteiger partial charge in [0.1, 0.15) is 6.04 Å². The molecule has 1 aromatic heterocycles. The van der Waals surface area contributed by atoms with Crippen molar-refractivity contribution >= 4 is 5.97 Å². The molecule has 2 unspecified atom stereocenters. The van der Waals surface area contributed by atoms with Crippen LogP contribution in [0.25, 0.3) is 0 Å². The first-order valence-electron chi connectivity index (χ1n) is 5.60. The fourth-order valence-corrected chi connectivity index (χ4v) is 2.05. The molecule has 5 nitrogen and oxygen atoms in total. The van der Waals surface area contributed by atoms with Crippen molar-refractivity contribution in [2.75, 3.05) is 13.1 Å². The molecule has 16 heavy (non-hydrogen) atoms. The van der Waals surface area contributed by atoms with E-state index in [1.165, 1.54) is 0 Å². The molecule has 0 bridgehead atoms. The molecule has 2 rings (SSSR count). The highest BCUT2D eigenvalue weighted by molar-refractivity contribution is 5.74. The van der Waals surface area contributed by atoms with Crippen LogP contribution in [-0.2, 0) is 4.79 Å². The molecule has 1 aliphatic rings. The van der Waals surface area contributed by atoms with E-state index in [2.05, 4.69) is 15.6 Å². The monoisotopic (exact) mass is 223 g/mol. The minimum Gasteiger partial charge on any atom is -0.480 e. The smallest absolute Gasteiger partial charge is 0.326 e. The van der Waals surface area contributed by atoms with Crippen molar-refractivity contribution in [2.24, 2.45) is 0 Å². The number of nitrogens with one attached hydrogen (secondary N) is 3. The van der Waals surface area contributed by atoms with Gasteiger partial charge in [0, 0.05) is 24.5 Å². The Morgan fingerprint density at radius 2 is 2.50 bits per heavy atom. The molecular weight excluding hydrogens is 206 g/mol. The maximum atomic E-state index is 11.2. The van der Waals surface area contributed by atoms with Gasteiger partial charge in [0.15, 0.2) is 0 Å². The second-order valence-corrected chi connectivity index (χ2v) is 4.11. The van der Waals surface area contributed by atoms with E-state index >= 15 is 0 Å². The van der Waals surface area contributed by atoms with Gasteiger partial charge >= 0.3 is 5.97 Å². The van der Waals surface area contributed by atoms with Gasteiger partial charge in [0.25, 0.3) is 0 Å². The minimum absolute atomic E-state index is 0.234. The third-order valence-electron chi connectivity index (χ3n) is 2.88. The number of carboxylic acids is 1. The number of rotatable bonds is 4. The van der Waals surface area contributed by atoms with Crippen LogP contribution in [0.5, 0.6) is 0 Å². The Hall–Kier alpha value is -1.33. The van der Waals surface area contributed by atoms with Crippen molar-refractivity contribution in [1.82, 2.24) is 15.6 Å². The van der Waals surface area contributed by atoms with E-state index in [-0.39, 0.29) is 6.04 Å². The maximum Gasteiger partial charge on any atom is 0.326 e. The van der Waals surface area contributed by atoms with Crippen LogP contribution in [-0.4, -0.2) is 35.2 Å². The average Bonchev–Trinajstić information content (AvgIpc) is 2.80. The first kappa shape index (κ1) is 11.2. The summed E-state index contributed by atoms with van der Waals surface area (Å²) in [4.78, 5) is 14.1. The lowest BCUT2D eigenvalue weighted by molar-refractivity contribution is -0.140. The van der Waals surface area contributed by atoms with Gasteiger partial charge < -0.3 is 15.4 Å². The quantitative estimate of drug-likeness (QED) is 0.599. The summed E-state index contributed by atoms with van der Waals surface area (Å²) >= 11 is 0. The van der Waals surface area contributed by atoms with Crippen LogP contribution in [0.4, 0.5) is 0 Å². The molecule has 0 aliphatic carbocycles. The predicted molar refractivity (Wildman–Crippen MR) is 60.2 cm³/mol. The molecule has 1 aliphatic heterocycles. The Morgan fingerprint density at radius 3 is 3.06 bits per heavy atom. The highest BCUT2D eigenvalue weighted by Gasteiger charge is 2.24. The number of carboxylic acid groups (broad SMARTS) is 1. The third kappa shape index (κ3) is 2.62. The van der Waals surface area contributed by atoms with Crippen LogP contribution in [0.3, 0.4) is 0 Å². The number of aliphatic carboxylic acids is 1. The number of aromatic nitrogens is 1. The molecule has 0 saturated carbocycles.